The van der Waals surface area contributed by atoms with Crippen LogP contribution in [0, 0.1) is 0 Å². The third-order valence-electron chi connectivity index (χ3n) is 1.84. The molecular weight excluding hydrogens is 222 g/mol. The van der Waals surface area contributed by atoms with Gasteiger partial charge in [0.2, 0.25) is 0 Å². The molecule has 0 bridgehead atoms. The second-order valence-corrected chi connectivity index (χ2v) is 4.74. The molecule has 0 aromatic carbocycles. The van der Waals surface area contributed by atoms with Crippen LogP contribution in [0.3, 0.4) is 0 Å². The van der Waals surface area contributed by atoms with Gasteiger partial charge < -0.3 is 14.8 Å². The van der Waals surface area contributed by atoms with Crippen LogP contribution in [0.15, 0.2) is 0 Å². The van der Waals surface area contributed by atoms with Crippen molar-refractivity contribution in [1.82, 2.24) is 5.32 Å². The van der Waals surface area contributed by atoms with Crippen molar-refractivity contribution in [2.24, 2.45) is 0 Å². The summed E-state index contributed by atoms with van der Waals surface area (Å²) in [4.78, 5) is 23.1. The van der Waals surface area contributed by atoms with E-state index in [2.05, 4.69) is 5.32 Å². The molecule has 0 rings (SSSR count). The summed E-state index contributed by atoms with van der Waals surface area (Å²) in [6, 6.07) is -0.630. The van der Waals surface area contributed by atoms with Gasteiger partial charge in [0.05, 0.1) is 6.61 Å². The van der Waals surface area contributed by atoms with E-state index in [1.165, 1.54) is 0 Å². The molecule has 1 unspecified atom stereocenters. The lowest BCUT2D eigenvalue weighted by Gasteiger charge is -2.22. The minimum absolute atomic E-state index is 0.301. The number of esters is 1. The highest BCUT2D eigenvalue weighted by Crippen LogP contribution is 2.08. The van der Waals surface area contributed by atoms with Crippen LogP contribution in [-0.4, -0.2) is 30.3 Å². The molecule has 100 valence electrons. The van der Waals surface area contributed by atoms with Gasteiger partial charge in [0.1, 0.15) is 11.6 Å². The first-order chi connectivity index (χ1) is 7.80. The van der Waals surface area contributed by atoms with Crippen molar-refractivity contribution in [2.45, 2.75) is 59.1 Å². The van der Waals surface area contributed by atoms with Crippen LogP contribution in [0.1, 0.15) is 47.5 Å². The smallest absolute Gasteiger partial charge is 0.408 e. The Kier molecular flexibility index (Phi) is 6.61. The molecule has 0 aromatic heterocycles. The Hall–Kier alpha value is -1.26. The molecule has 1 atom stereocenters. The zero-order chi connectivity index (χ0) is 13.5. The number of alkyl carbamates (subject to hydrolysis) is 1. The van der Waals surface area contributed by atoms with Gasteiger partial charge in [0.15, 0.2) is 0 Å². The standard InChI is InChI=1S/C12H23NO4/c1-6-8-9(10(14)16-7-2)13-11(15)17-12(3,4)5/h9H,6-8H2,1-5H3,(H,13,15). The summed E-state index contributed by atoms with van der Waals surface area (Å²) in [5, 5.41) is 2.52. The number of amides is 1. The molecule has 0 spiro atoms. The van der Waals surface area contributed by atoms with Gasteiger partial charge in [0.25, 0.3) is 0 Å². The normalized spacial score (nSPS) is 12.8. The number of ether oxygens (including phenoxy) is 2. The highest BCUT2D eigenvalue weighted by molar-refractivity contribution is 5.81. The second-order valence-electron chi connectivity index (χ2n) is 4.74. The minimum atomic E-state index is -0.630. The zero-order valence-corrected chi connectivity index (χ0v) is 11.3. The third-order valence-corrected chi connectivity index (χ3v) is 1.84. The van der Waals surface area contributed by atoms with Crippen molar-refractivity contribution in [2.75, 3.05) is 6.61 Å². The molecule has 1 N–H and O–H groups in total. The monoisotopic (exact) mass is 245 g/mol. The van der Waals surface area contributed by atoms with E-state index in [0.717, 1.165) is 6.42 Å². The fraction of sp³-hybridized carbons (Fsp3) is 0.833. The van der Waals surface area contributed by atoms with Gasteiger partial charge in [-0.05, 0) is 34.1 Å². The lowest BCUT2D eigenvalue weighted by molar-refractivity contribution is -0.145. The average Bonchev–Trinajstić information content (AvgIpc) is 2.14. The maximum absolute atomic E-state index is 11.5. The predicted molar refractivity (Wildman–Crippen MR) is 64.7 cm³/mol. The summed E-state index contributed by atoms with van der Waals surface area (Å²) in [5.74, 6) is -0.416. The number of hydrogen-bond donors (Lipinski definition) is 1. The van der Waals surface area contributed by atoms with Gasteiger partial charge >= 0.3 is 12.1 Å². The number of carbonyl (C=O) groups excluding carboxylic acids is 2. The molecular formula is C12H23NO4. The number of nitrogens with one attached hydrogen (secondary N) is 1. The molecule has 5 heteroatoms. The van der Waals surface area contributed by atoms with Crippen molar-refractivity contribution in [3.63, 3.8) is 0 Å². The number of rotatable bonds is 5. The fourth-order valence-electron chi connectivity index (χ4n) is 1.23. The maximum Gasteiger partial charge on any atom is 0.408 e. The van der Waals surface area contributed by atoms with Crippen LogP contribution < -0.4 is 5.32 Å². The van der Waals surface area contributed by atoms with Crippen molar-refractivity contribution < 1.29 is 19.1 Å². The van der Waals surface area contributed by atoms with Crippen LogP contribution in [0.2, 0.25) is 0 Å². The predicted octanol–water partition coefficient (Wildman–Crippen LogP) is 2.24. The Balaban J connectivity index is 4.34. The van der Waals surface area contributed by atoms with E-state index in [0.29, 0.717) is 13.0 Å². The lowest BCUT2D eigenvalue weighted by Crippen LogP contribution is -2.44. The molecule has 0 aliphatic carbocycles. The average molecular weight is 245 g/mol. The van der Waals surface area contributed by atoms with Gasteiger partial charge in [-0.2, -0.15) is 0 Å². The van der Waals surface area contributed by atoms with Crippen molar-refractivity contribution in [3.8, 4) is 0 Å². The van der Waals surface area contributed by atoms with Crippen molar-refractivity contribution in [3.05, 3.63) is 0 Å². The summed E-state index contributed by atoms with van der Waals surface area (Å²) in [6.45, 7) is 9.27. The first-order valence-corrected chi connectivity index (χ1v) is 5.96. The molecule has 0 heterocycles. The molecule has 0 radical (unpaired) electrons. The van der Waals surface area contributed by atoms with E-state index in [1.807, 2.05) is 6.92 Å². The number of carbonyl (C=O) groups is 2. The van der Waals surface area contributed by atoms with E-state index in [4.69, 9.17) is 9.47 Å². The van der Waals surface area contributed by atoms with Gasteiger partial charge in [-0.15, -0.1) is 0 Å². The Morgan fingerprint density at radius 2 is 1.82 bits per heavy atom. The van der Waals surface area contributed by atoms with E-state index in [9.17, 15) is 9.59 Å². The summed E-state index contributed by atoms with van der Waals surface area (Å²) in [5.41, 5.74) is -0.574. The summed E-state index contributed by atoms with van der Waals surface area (Å²) >= 11 is 0. The summed E-state index contributed by atoms with van der Waals surface area (Å²) in [6.07, 6.45) is 0.723. The molecule has 0 aliphatic heterocycles. The SMILES string of the molecule is CCCC(NC(=O)OC(C)(C)C)C(=O)OCC. The highest BCUT2D eigenvalue weighted by Gasteiger charge is 2.24. The molecule has 0 aromatic rings. The molecule has 5 nitrogen and oxygen atoms in total. The van der Waals surface area contributed by atoms with Gasteiger partial charge in [-0.25, -0.2) is 9.59 Å². The van der Waals surface area contributed by atoms with Crippen LogP contribution in [0.5, 0.6) is 0 Å². The molecule has 17 heavy (non-hydrogen) atoms. The van der Waals surface area contributed by atoms with Crippen molar-refractivity contribution in [1.29, 1.82) is 0 Å². The molecule has 0 fully saturated rings. The zero-order valence-electron chi connectivity index (χ0n) is 11.3. The minimum Gasteiger partial charge on any atom is -0.464 e. The van der Waals surface area contributed by atoms with Crippen LogP contribution in [0.4, 0.5) is 4.79 Å². The highest BCUT2D eigenvalue weighted by atomic mass is 16.6. The van der Waals surface area contributed by atoms with E-state index in [-0.39, 0.29) is 0 Å². The Morgan fingerprint density at radius 3 is 2.24 bits per heavy atom. The quantitative estimate of drug-likeness (QED) is 0.754. The third kappa shape index (κ3) is 7.60. The summed E-state index contributed by atoms with van der Waals surface area (Å²) in [7, 11) is 0. The first-order valence-electron chi connectivity index (χ1n) is 5.96. The lowest BCUT2D eigenvalue weighted by atomic mass is 10.1. The molecule has 0 saturated heterocycles. The van der Waals surface area contributed by atoms with Gasteiger partial charge in [0, 0.05) is 0 Å². The Labute approximate surface area is 103 Å². The second kappa shape index (κ2) is 7.14. The number of hydrogen-bond acceptors (Lipinski definition) is 4. The van der Waals surface area contributed by atoms with E-state index >= 15 is 0 Å². The largest absolute Gasteiger partial charge is 0.464 e. The van der Waals surface area contributed by atoms with Crippen LogP contribution in [-0.2, 0) is 14.3 Å². The topological polar surface area (TPSA) is 64.6 Å². The summed E-state index contributed by atoms with van der Waals surface area (Å²) < 4.78 is 9.96. The van der Waals surface area contributed by atoms with Crippen molar-refractivity contribution >= 4 is 12.1 Å². The maximum atomic E-state index is 11.5. The van der Waals surface area contributed by atoms with Gasteiger partial charge in [-0.1, -0.05) is 13.3 Å². The van der Waals surface area contributed by atoms with Gasteiger partial charge in [-0.3, -0.25) is 0 Å². The molecule has 1 amide bonds. The Bertz CT molecular complexity index is 258. The fourth-order valence-corrected chi connectivity index (χ4v) is 1.23. The molecule has 0 aliphatic rings. The first kappa shape index (κ1) is 15.7. The van der Waals surface area contributed by atoms with E-state index in [1.54, 1.807) is 27.7 Å². The molecule has 0 saturated carbocycles. The van der Waals surface area contributed by atoms with Crippen LogP contribution >= 0.6 is 0 Å². The van der Waals surface area contributed by atoms with E-state index < -0.39 is 23.7 Å². The Morgan fingerprint density at radius 1 is 1.24 bits per heavy atom. The van der Waals surface area contributed by atoms with Crippen LogP contribution in [0.25, 0.3) is 0 Å².